The normalized spacial score (nSPS) is 10.3. The maximum Gasteiger partial charge on any atom is 0.342 e. The molecule has 0 aliphatic heterocycles. The third-order valence-electron chi connectivity index (χ3n) is 3.12. The smallest absolute Gasteiger partial charge is 0.342 e. The Morgan fingerprint density at radius 1 is 1.30 bits per heavy atom. The van der Waals surface area contributed by atoms with Crippen LogP contribution >= 0.6 is 11.8 Å². The van der Waals surface area contributed by atoms with E-state index in [9.17, 15) is 9.90 Å². The average molecular weight is 456 g/mol. The van der Waals surface area contributed by atoms with Gasteiger partial charge >= 0.3 is 5.97 Å². The molecule has 3 rings (SSSR count). The average Bonchev–Trinajstić information content (AvgIpc) is 3.00. The molecule has 0 aliphatic rings. The molecule has 1 radical (unpaired) electrons. The van der Waals surface area contributed by atoms with Gasteiger partial charge in [-0.15, -0.1) is 11.8 Å². The summed E-state index contributed by atoms with van der Waals surface area (Å²) in [6.07, 6.45) is 6.78. The minimum absolute atomic E-state index is 0. The van der Waals surface area contributed by atoms with E-state index in [1.165, 1.54) is 16.3 Å². The maximum absolute atomic E-state index is 11.6. The second kappa shape index (κ2) is 8.03. The Morgan fingerprint density at radius 3 is 2.70 bits per heavy atom. The summed E-state index contributed by atoms with van der Waals surface area (Å²) in [6.45, 7) is 0.468. The van der Waals surface area contributed by atoms with Gasteiger partial charge in [-0.25, -0.2) is 9.78 Å². The van der Waals surface area contributed by atoms with Crippen molar-refractivity contribution in [3.05, 3.63) is 47.9 Å². The van der Waals surface area contributed by atoms with Crippen molar-refractivity contribution in [2.24, 2.45) is 0 Å². The fraction of sp³-hybridized carbons (Fsp3) is 0.143. The van der Waals surface area contributed by atoms with Gasteiger partial charge in [-0.3, -0.25) is 4.98 Å². The Bertz CT molecular complexity index is 825. The molecule has 0 atom stereocenters. The molecule has 0 unspecified atom stereocenters. The summed E-state index contributed by atoms with van der Waals surface area (Å²) in [4.78, 5) is 19.9. The summed E-state index contributed by atoms with van der Waals surface area (Å²) in [5.74, 6) is -0.616. The predicted octanol–water partition coefficient (Wildman–Crippen LogP) is 2.16. The molecule has 0 amide bonds. The zero-order chi connectivity index (χ0) is 15.5. The summed E-state index contributed by atoms with van der Waals surface area (Å²) in [5, 5.41) is 17.3. The van der Waals surface area contributed by atoms with Gasteiger partial charge < -0.3 is 10.4 Å². The van der Waals surface area contributed by atoms with Crippen molar-refractivity contribution in [2.75, 3.05) is 11.6 Å². The number of nitrogens with one attached hydrogen (secondary N) is 1. The number of aromatic nitrogens is 4. The van der Waals surface area contributed by atoms with Gasteiger partial charge in [0.2, 0.25) is 0 Å². The van der Waals surface area contributed by atoms with Crippen LogP contribution < -0.4 is 5.32 Å². The topological polar surface area (TPSA) is 92.4 Å². The van der Waals surface area contributed by atoms with E-state index in [1.807, 2.05) is 12.1 Å². The van der Waals surface area contributed by atoms with Crippen LogP contribution in [0.4, 0.5) is 5.82 Å². The molecular weight excluding hydrogens is 443 g/mol. The van der Waals surface area contributed by atoms with Crippen LogP contribution in [-0.2, 0) is 6.54 Å². The molecule has 3 heterocycles. The number of aromatic carboxylic acids is 1. The Labute approximate surface area is 169 Å². The van der Waals surface area contributed by atoms with Crippen molar-refractivity contribution in [3.8, 4) is 0 Å². The zero-order valence-corrected chi connectivity index (χ0v) is 16.8. The monoisotopic (exact) mass is 456 g/mol. The van der Waals surface area contributed by atoms with Crippen molar-refractivity contribution >= 4 is 29.2 Å². The van der Waals surface area contributed by atoms with Gasteiger partial charge in [0.25, 0.3) is 0 Å². The van der Waals surface area contributed by atoms with E-state index in [2.05, 4.69) is 20.4 Å². The number of nitrogens with zero attached hydrogens (tertiary/aromatic N) is 4. The number of pyridine rings is 1. The van der Waals surface area contributed by atoms with E-state index >= 15 is 0 Å². The molecule has 23 heavy (non-hydrogen) atoms. The second-order valence-corrected chi connectivity index (χ2v) is 5.26. The first-order valence-corrected chi connectivity index (χ1v) is 7.71. The van der Waals surface area contributed by atoms with Crippen LogP contribution in [0.5, 0.6) is 0 Å². The first kappa shape index (κ1) is 18.1. The zero-order valence-electron chi connectivity index (χ0n) is 12.3. The fourth-order valence-electron chi connectivity index (χ4n) is 2.11. The van der Waals surface area contributed by atoms with E-state index in [0.717, 1.165) is 5.56 Å². The minimum atomic E-state index is -1.04. The SMILES string of the molecule is CSc1nc2ccnn2c(NCc2ccncc2)c1C(=O)O.[Pr]. The number of rotatable bonds is 5. The van der Waals surface area contributed by atoms with Crippen molar-refractivity contribution in [1.29, 1.82) is 0 Å². The van der Waals surface area contributed by atoms with E-state index in [1.54, 1.807) is 30.9 Å². The first-order valence-electron chi connectivity index (χ1n) is 6.48. The number of hydrogen-bond donors (Lipinski definition) is 2. The van der Waals surface area contributed by atoms with Crippen LogP contribution in [0.2, 0.25) is 0 Å². The summed E-state index contributed by atoms with van der Waals surface area (Å²) < 4.78 is 1.50. The summed E-state index contributed by atoms with van der Waals surface area (Å²) in [5.41, 5.74) is 1.72. The van der Waals surface area contributed by atoms with Gasteiger partial charge in [-0.2, -0.15) is 9.61 Å². The predicted molar refractivity (Wildman–Crippen MR) is 83.3 cm³/mol. The molecule has 2 N–H and O–H groups in total. The molecule has 0 bridgehead atoms. The van der Waals surface area contributed by atoms with Crippen LogP contribution in [0.25, 0.3) is 5.65 Å². The van der Waals surface area contributed by atoms with Gasteiger partial charge in [0.05, 0.1) is 6.20 Å². The van der Waals surface area contributed by atoms with Crippen molar-refractivity contribution in [1.82, 2.24) is 19.6 Å². The Hall–Kier alpha value is -1.25. The van der Waals surface area contributed by atoms with Gasteiger partial charge in [0.1, 0.15) is 16.4 Å². The van der Waals surface area contributed by atoms with Crippen LogP contribution in [0.3, 0.4) is 0 Å². The number of fused-ring (bicyclic) bond motifs is 1. The van der Waals surface area contributed by atoms with Crippen molar-refractivity contribution < 1.29 is 51.2 Å². The molecule has 0 saturated carbocycles. The fourth-order valence-corrected chi connectivity index (χ4v) is 2.68. The van der Waals surface area contributed by atoms with Crippen LogP contribution in [0.15, 0.2) is 41.8 Å². The van der Waals surface area contributed by atoms with Crippen molar-refractivity contribution in [3.63, 3.8) is 0 Å². The largest absolute Gasteiger partial charge is 0.477 e. The van der Waals surface area contributed by atoms with Crippen LogP contribution in [0.1, 0.15) is 15.9 Å². The Morgan fingerprint density at radius 2 is 2.04 bits per heavy atom. The van der Waals surface area contributed by atoms with Crippen LogP contribution in [0, 0.1) is 41.3 Å². The molecule has 3 aromatic rings. The molecule has 9 heteroatoms. The minimum Gasteiger partial charge on any atom is -0.477 e. The molecule has 0 saturated heterocycles. The van der Waals surface area contributed by atoms with Crippen molar-refractivity contribution in [2.45, 2.75) is 11.6 Å². The number of carbonyl (C=O) groups is 1. The van der Waals surface area contributed by atoms with E-state index < -0.39 is 5.97 Å². The molecule has 0 aromatic carbocycles. The number of carboxylic acid groups (broad SMARTS) is 1. The van der Waals surface area contributed by atoms with E-state index in [0.29, 0.717) is 23.0 Å². The first-order chi connectivity index (χ1) is 10.7. The number of hydrogen-bond acceptors (Lipinski definition) is 6. The van der Waals surface area contributed by atoms with E-state index in [4.69, 9.17) is 0 Å². The van der Waals surface area contributed by atoms with Crippen LogP contribution in [-0.4, -0.2) is 36.9 Å². The van der Waals surface area contributed by atoms with Gasteiger partial charge in [0, 0.05) is 66.3 Å². The molecule has 0 fully saturated rings. The molecular formula is C14H13N5O2PrS. The van der Waals surface area contributed by atoms with E-state index in [-0.39, 0.29) is 46.9 Å². The molecule has 0 spiro atoms. The van der Waals surface area contributed by atoms with Gasteiger partial charge in [-0.05, 0) is 24.0 Å². The third-order valence-corrected chi connectivity index (χ3v) is 3.80. The summed E-state index contributed by atoms with van der Waals surface area (Å²) in [7, 11) is 0. The molecule has 7 nitrogen and oxygen atoms in total. The quantitative estimate of drug-likeness (QED) is 0.449. The number of anilines is 1. The number of carboxylic acids is 1. The third kappa shape index (κ3) is 3.81. The summed E-state index contributed by atoms with van der Waals surface area (Å²) >= 11 is 1.29. The standard InChI is InChI=1S/C14H13N5O2S.Pr/c1-22-13-11(14(20)21)12(19-10(18-13)4-7-17-19)16-8-9-2-5-15-6-3-9;/h2-7,16H,8H2,1H3,(H,20,21);. The molecule has 3 aromatic heterocycles. The Kier molecular flexibility index (Phi) is 6.32. The second-order valence-electron chi connectivity index (χ2n) is 4.46. The number of thioether (sulfide) groups is 1. The van der Waals surface area contributed by atoms with Gasteiger partial charge in [-0.1, -0.05) is 0 Å². The maximum atomic E-state index is 11.6. The summed E-state index contributed by atoms with van der Waals surface area (Å²) in [6, 6.07) is 5.47. The molecule has 115 valence electrons. The molecule has 0 aliphatic carbocycles. The Balaban J connectivity index is 0.00000192. The van der Waals surface area contributed by atoms with Gasteiger partial charge in [0.15, 0.2) is 5.65 Å².